The number of hydrogen-bond donors (Lipinski definition) is 2. The fourth-order valence-corrected chi connectivity index (χ4v) is 5.70. The van der Waals surface area contributed by atoms with Crippen molar-refractivity contribution < 1.29 is 5.11 Å². The van der Waals surface area contributed by atoms with Crippen molar-refractivity contribution >= 4 is 34.6 Å². The van der Waals surface area contributed by atoms with Crippen molar-refractivity contribution in [1.82, 2.24) is 4.90 Å². The molecule has 0 radical (unpaired) electrons. The zero-order valence-corrected chi connectivity index (χ0v) is 19.7. The maximum Gasteiger partial charge on any atom is 0.0604 e. The number of aliphatic hydroxyl groups excluding tert-OH is 1. The molecule has 2 fully saturated rings. The number of benzene rings is 2. The first-order valence-corrected chi connectivity index (χ1v) is 12.2. The molecular formula is C25H33Cl2N3O. The van der Waals surface area contributed by atoms with E-state index in [0.717, 1.165) is 30.9 Å². The van der Waals surface area contributed by atoms with Crippen LogP contribution >= 0.6 is 23.2 Å². The summed E-state index contributed by atoms with van der Waals surface area (Å²) < 4.78 is 0. The van der Waals surface area contributed by atoms with Gasteiger partial charge in [-0.2, -0.15) is 0 Å². The Balaban J connectivity index is 1.43. The monoisotopic (exact) mass is 461 g/mol. The zero-order chi connectivity index (χ0) is 21.8. The van der Waals surface area contributed by atoms with E-state index in [1.807, 2.05) is 12.1 Å². The van der Waals surface area contributed by atoms with Gasteiger partial charge in [0.25, 0.3) is 0 Å². The van der Waals surface area contributed by atoms with Crippen molar-refractivity contribution in [1.29, 1.82) is 0 Å². The molecule has 1 saturated heterocycles. The van der Waals surface area contributed by atoms with Crippen LogP contribution in [0.4, 0.5) is 11.4 Å². The first-order valence-electron chi connectivity index (χ1n) is 11.5. The number of nitrogens with zero attached hydrogens (tertiary/aromatic N) is 2. The minimum atomic E-state index is 0.0633. The van der Waals surface area contributed by atoms with E-state index in [1.165, 1.54) is 37.8 Å². The summed E-state index contributed by atoms with van der Waals surface area (Å²) in [4.78, 5) is 4.98. The molecule has 2 N–H and O–H groups in total. The molecule has 1 aliphatic carbocycles. The lowest BCUT2D eigenvalue weighted by molar-refractivity contribution is 0.0557. The second-order valence-corrected chi connectivity index (χ2v) is 9.74. The van der Waals surface area contributed by atoms with Gasteiger partial charge in [0, 0.05) is 53.1 Å². The van der Waals surface area contributed by atoms with E-state index >= 15 is 0 Å². The van der Waals surface area contributed by atoms with Gasteiger partial charge in [0.1, 0.15) is 0 Å². The Hall–Kier alpha value is -1.46. The highest BCUT2D eigenvalue weighted by Crippen LogP contribution is 2.31. The summed E-state index contributed by atoms with van der Waals surface area (Å²) >= 11 is 12.4. The molecule has 2 atom stereocenters. The third-order valence-corrected chi connectivity index (χ3v) is 7.37. The third kappa shape index (κ3) is 5.48. The van der Waals surface area contributed by atoms with Crippen LogP contribution < -0.4 is 10.2 Å². The van der Waals surface area contributed by atoms with E-state index in [2.05, 4.69) is 46.3 Å². The molecule has 2 aromatic carbocycles. The SMILES string of the molecule is CC(Nc1cccc(N2CCN(C3CCCCC3)[C@H](CO)C2)c1)c1ccc(Cl)cc1Cl. The highest BCUT2D eigenvalue weighted by molar-refractivity contribution is 6.35. The summed E-state index contributed by atoms with van der Waals surface area (Å²) in [7, 11) is 0. The highest BCUT2D eigenvalue weighted by Gasteiger charge is 2.32. The molecule has 0 amide bonds. The van der Waals surface area contributed by atoms with Crippen LogP contribution in [0.15, 0.2) is 42.5 Å². The van der Waals surface area contributed by atoms with Gasteiger partial charge in [-0.1, -0.05) is 54.6 Å². The molecule has 1 heterocycles. The maximum atomic E-state index is 10.1. The van der Waals surface area contributed by atoms with Gasteiger partial charge in [-0.05, 0) is 55.7 Å². The van der Waals surface area contributed by atoms with Crippen molar-refractivity contribution in [2.24, 2.45) is 0 Å². The molecule has 168 valence electrons. The Bertz CT molecular complexity index is 872. The molecule has 4 rings (SSSR count). The Morgan fingerprint density at radius 3 is 2.61 bits per heavy atom. The molecule has 1 aliphatic heterocycles. The van der Waals surface area contributed by atoms with Gasteiger partial charge in [-0.15, -0.1) is 0 Å². The molecule has 0 bridgehead atoms. The standard InChI is InChI=1S/C25H33Cl2N3O/c1-18(24-11-10-19(26)14-25(24)27)28-20-6-5-9-22(15-20)29-12-13-30(23(16-29)17-31)21-7-3-2-4-8-21/h5-6,9-11,14-15,18,21,23,28,31H,2-4,7-8,12-13,16-17H2,1H3/t18?,23-/m0/s1. The minimum absolute atomic E-state index is 0.0633. The van der Waals surface area contributed by atoms with E-state index in [-0.39, 0.29) is 18.7 Å². The number of nitrogens with one attached hydrogen (secondary N) is 1. The van der Waals surface area contributed by atoms with Crippen LogP contribution in [0.3, 0.4) is 0 Å². The van der Waals surface area contributed by atoms with Crippen molar-refractivity contribution in [2.75, 3.05) is 36.5 Å². The van der Waals surface area contributed by atoms with Gasteiger partial charge in [0.05, 0.1) is 12.6 Å². The molecule has 0 spiro atoms. The molecular weight excluding hydrogens is 429 g/mol. The van der Waals surface area contributed by atoms with Crippen LogP contribution in [0.1, 0.15) is 50.6 Å². The number of rotatable bonds is 6. The number of aliphatic hydroxyl groups is 1. The maximum absolute atomic E-state index is 10.1. The van der Waals surface area contributed by atoms with Crippen LogP contribution in [0, 0.1) is 0 Å². The van der Waals surface area contributed by atoms with Crippen molar-refractivity contribution in [2.45, 2.75) is 57.2 Å². The van der Waals surface area contributed by atoms with Gasteiger partial charge in [-0.25, -0.2) is 0 Å². The second-order valence-electron chi connectivity index (χ2n) is 8.89. The summed E-state index contributed by atoms with van der Waals surface area (Å²) in [6.07, 6.45) is 6.57. The molecule has 31 heavy (non-hydrogen) atoms. The van der Waals surface area contributed by atoms with Crippen molar-refractivity contribution in [3.63, 3.8) is 0 Å². The zero-order valence-electron chi connectivity index (χ0n) is 18.2. The number of halogens is 2. The quantitative estimate of drug-likeness (QED) is 0.554. The summed E-state index contributed by atoms with van der Waals surface area (Å²) in [6, 6.07) is 15.1. The predicted molar refractivity (Wildman–Crippen MR) is 132 cm³/mol. The van der Waals surface area contributed by atoms with E-state index in [4.69, 9.17) is 23.2 Å². The smallest absolute Gasteiger partial charge is 0.0604 e. The van der Waals surface area contributed by atoms with Crippen LogP contribution in [0.5, 0.6) is 0 Å². The van der Waals surface area contributed by atoms with Crippen LogP contribution in [0.25, 0.3) is 0 Å². The molecule has 2 aromatic rings. The summed E-state index contributed by atoms with van der Waals surface area (Å²) in [5.74, 6) is 0. The number of hydrogen-bond acceptors (Lipinski definition) is 4. The summed E-state index contributed by atoms with van der Waals surface area (Å²) in [5, 5.41) is 15.0. The molecule has 4 nitrogen and oxygen atoms in total. The average molecular weight is 462 g/mol. The molecule has 0 aromatic heterocycles. The topological polar surface area (TPSA) is 38.7 Å². The first kappa shape index (κ1) is 22.7. The summed E-state index contributed by atoms with van der Waals surface area (Å²) in [5.41, 5.74) is 3.28. The lowest BCUT2D eigenvalue weighted by Gasteiger charge is -2.46. The van der Waals surface area contributed by atoms with Crippen LogP contribution in [0.2, 0.25) is 10.0 Å². The lowest BCUT2D eigenvalue weighted by Crippen LogP contribution is -2.58. The molecule has 1 unspecified atom stereocenters. The van der Waals surface area contributed by atoms with Gasteiger partial charge in [-0.3, -0.25) is 4.90 Å². The largest absolute Gasteiger partial charge is 0.395 e. The van der Waals surface area contributed by atoms with Gasteiger partial charge >= 0.3 is 0 Å². The van der Waals surface area contributed by atoms with E-state index in [0.29, 0.717) is 16.1 Å². The first-order chi connectivity index (χ1) is 15.0. The van der Waals surface area contributed by atoms with E-state index < -0.39 is 0 Å². The fourth-order valence-electron chi connectivity index (χ4n) is 5.13. The Morgan fingerprint density at radius 2 is 1.87 bits per heavy atom. The molecule has 6 heteroatoms. The number of piperazine rings is 1. The molecule has 2 aliphatic rings. The Kier molecular flexibility index (Phi) is 7.65. The van der Waals surface area contributed by atoms with Gasteiger partial charge in [0.15, 0.2) is 0 Å². The lowest BCUT2D eigenvalue weighted by atomic mass is 9.92. The van der Waals surface area contributed by atoms with E-state index in [1.54, 1.807) is 6.07 Å². The van der Waals surface area contributed by atoms with Crippen molar-refractivity contribution in [3.8, 4) is 0 Å². The normalized spacial score (nSPS) is 21.8. The number of anilines is 2. The Labute approximate surface area is 196 Å². The van der Waals surface area contributed by atoms with Crippen molar-refractivity contribution in [3.05, 3.63) is 58.1 Å². The fraction of sp³-hybridized carbons (Fsp3) is 0.520. The molecule has 1 saturated carbocycles. The van der Waals surface area contributed by atoms with Crippen LogP contribution in [-0.4, -0.2) is 48.3 Å². The minimum Gasteiger partial charge on any atom is -0.395 e. The van der Waals surface area contributed by atoms with E-state index in [9.17, 15) is 5.11 Å². The Morgan fingerprint density at radius 1 is 1.06 bits per heavy atom. The highest BCUT2D eigenvalue weighted by atomic mass is 35.5. The predicted octanol–water partition coefficient (Wildman–Crippen LogP) is 5.98. The second kappa shape index (κ2) is 10.4. The summed E-state index contributed by atoms with van der Waals surface area (Å²) in [6.45, 7) is 5.21. The van der Waals surface area contributed by atoms with Gasteiger partial charge < -0.3 is 15.3 Å². The average Bonchev–Trinajstić information content (AvgIpc) is 2.79. The van der Waals surface area contributed by atoms with Crippen LogP contribution in [-0.2, 0) is 0 Å². The third-order valence-electron chi connectivity index (χ3n) is 6.81. The van der Waals surface area contributed by atoms with Gasteiger partial charge in [0.2, 0.25) is 0 Å².